The zero-order valence-electron chi connectivity index (χ0n) is 18.5. The molecule has 0 saturated carbocycles. The Morgan fingerprint density at radius 3 is 2.41 bits per heavy atom. The summed E-state index contributed by atoms with van der Waals surface area (Å²) in [4.78, 5) is 21.0. The smallest absolute Gasteiger partial charge is 0.221 e. The summed E-state index contributed by atoms with van der Waals surface area (Å²) in [5.41, 5.74) is 8.33. The van der Waals surface area contributed by atoms with E-state index in [2.05, 4.69) is 9.97 Å². The molecular formula is C24H27FN4O3. The Hall–Kier alpha value is -3.68. The van der Waals surface area contributed by atoms with Crippen molar-refractivity contribution in [3.63, 3.8) is 0 Å². The van der Waals surface area contributed by atoms with Crippen LogP contribution in [0.2, 0.25) is 0 Å². The minimum absolute atomic E-state index is 0.204. The predicted octanol–water partition coefficient (Wildman–Crippen LogP) is 3.08. The van der Waals surface area contributed by atoms with Gasteiger partial charge in [-0.1, -0.05) is 24.3 Å². The van der Waals surface area contributed by atoms with Crippen LogP contribution in [0.3, 0.4) is 0 Å². The van der Waals surface area contributed by atoms with Crippen molar-refractivity contribution >= 4 is 11.7 Å². The standard InChI is InChI=1S/C24H27FN4O3/c1-29(14-18-9-10-19(31-2)13-21(18)32-3)24-23(25)20(27-15-28-24)11-8-16-4-6-17(7-5-16)12-22(26)30/h4-7,9-10,13,15H,8,11-12,14H2,1-3H3,(H2,26,30). The van der Waals surface area contributed by atoms with Crippen LogP contribution in [0.5, 0.6) is 11.5 Å². The largest absolute Gasteiger partial charge is 0.497 e. The van der Waals surface area contributed by atoms with E-state index in [1.807, 2.05) is 36.4 Å². The van der Waals surface area contributed by atoms with Crippen LogP contribution >= 0.6 is 0 Å². The number of benzene rings is 2. The number of aromatic nitrogens is 2. The molecule has 0 fully saturated rings. The maximum atomic E-state index is 15.2. The molecule has 1 heterocycles. The molecule has 0 aliphatic rings. The number of carbonyl (C=O) groups excluding carboxylic acids is 1. The van der Waals surface area contributed by atoms with E-state index in [-0.39, 0.29) is 18.1 Å². The first-order valence-electron chi connectivity index (χ1n) is 10.2. The van der Waals surface area contributed by atoms with E-state index in [1.165, 1.54) is 6.33 Å². The molecule has 1 aromatic heterocycles. The molecule has 8 heteroatoms. The quantitative estimate of drug-likeness (QED) is 0.523. The highest BCUT2D eigenvalue weighted by Crippen LogP contribution is 2.27. The number of hydrogen-bond acceptors (Lipinski definition) is 6. The van der Waals surface area contributed by atoms with Crippen LogP contribution in [0.15, 0.2) is 48.8 Å². The van der Waals surface area contributed by atoms with Crippen molar-refractivity contribution < 1.29 is 18.7 Å². The molecule has 32 heavy (non-hydrogen) atoms. The molecule has 0 spiro atoms. The van der Waals surface area contributed by atoms with Gasteiger partial charge in [-0.25, -0.2) is 14.4 Å². The summed E-state index contributed by atoms with van der Waals surface area (Å²) in [6.07, 6.45) is 2.62. The van der Waals surface area contributed by atoms with Gasteiger partial charge in [0.2, 0.25) is 5.91 Å². The predicted molar refractivity (Wildman–Crippen MR) is 120 cm³/mol. The average molecular weight is 439 g/mol. The lowest BCUT2D eigenvalue weighted by Crippen LogP contribution is -2.21. The summed E-state index contributed by atoms with van der Waals surface area (Å²) in [6, 6.07) is 13.1. The number of hydrogen-bond donors (Lipinski definition) is 1. The number of primary amides is 1. The fourth-order valence-corrected chi connectivity index (χ4v) is 3.44. The summed E-state index contributed by atoms with van der Waals surface area (Å²) < 4.78 is 25.8. The minimum atomic E-state index is -0.437. The first-order valence-corrected chi connectivity index (χ1v) is 10.2. The van der Waals surface area contributed by atoms with E-state index < -0.39 is 5.82 Å². The summed E-state index contributed by atoms with van der Waals surface area (Å²) in [6.45, 7) is 0.405. The van der Waals surface area contributed by atoms with Gasteiger partial charge in [0, 0.05) is 25.2 Å². The van der Waals surface area contributed by atoms with Crippen LogP contribution in [0.1, 0.15) is 22.4 Å². The highest BCUT2D eigenvalue weighted by molar-refractivity contribution is 5.76. The van der Waals surface area contributed by atoms with E-state index in [0.717, 1.165) is 16.7 Å². The van der Waals surface area contributed by atoms with Crippen molar-refractivity contribution in [2.24, 2.45) is 5.73 Å². The molecule has 1 amide bonds. The van der Waals surface area contributed by atoms with Crippen molar-refractivity contribution in [2.75, 3.05) is 26.2 Å². The first kappa shape index (κ1) is 23.0. The normalized spacial score (nSPS) is 10.6. The Labute approximate surface area is 187 Å². The molecule has 3 rings (SSSR count). The molecular weight excluding hydrogens is 411 g/mol. The van der Waals surface area contributed by atoms with Crippen molar-refractivity contribution in [1.82, 2.24) is 9.97 Å². The van der Waals surface area contributed by atoms with Gasteiger partial charge in [0.1, 0.15) is 17.8 Å². The van der Waals surface area contributed by atoms with Crippen LogP contribution in [-0.2, 0) is 30.6 Å². The second-order valence-electron chi connectivity index (χ2n) is 7.45. The molecule has 0 aliphatic heterocycles. The maximum Gasteiger partial charge on any atom is 0.221 e. The molecule has 0 aliphatic carbocycles. The number of carbonyl (C=O) groups is 1. The Bertz CT molecular complexity index is 1070. The van der Waals surface area contributed by atoms with Crippen molar-refractivity contribution in [3.05, 3.63) is 77.0 Å². The number of methoxy groups -OCH3 is 2. The van der Waals surface area contributed by atoms with E-state index in [9.17, 15) is 4.79 Å². The van der Waals surface area contributed by atoms with Gasteiger partial charge in [-0.15, -0.1) is 0 Å². The Morgan fingerprint density at radius 1 is 1.03 bits per heavy atom. The van der Waals surface area contributed by atoms with Crippen LogP contribution in [-0.4, -0.2) is 37.1 Å². The van der Waals surface area contributed by atoms with Crippen molar-refractivity contribution in [2.45, 2.75) is 25.8 Å². The average Bonchev–Trinajstić information content (AvgIpc) is 2.79. The molecule has 2 aromatic carbocycles. The Balaban J connectivity index is 1.70. The van der Waals surface area contributed by atoms with Crippen LogP contribution < -0.4 is 20.1 Å². The SMILES string of the molecule is COc1ccc(CN(C)c2ncnc(CCc3ccc(CC(N)=O)cc3)c2F)c(OC)c1. The number of amides is 1. The number of ether oxygens (including phenoxy) is 2. The lowest BCUT2D eigenvalue weighted by molar-refractivity contribution is -0.117. The monoisotopic (exact) mass is 438 g/mol. The molecule has 7 nitrogen and oxygen atoms in total. The first-order chi connectivity index (χ1) is 15.4. The van der Waals surface area contributed by atoms with Gasteiger partial charge in [-0.05, 0) is 36.1 Å². The lowest BCUT2D eigenvalue weighted by Gasteiger charge is -2.21. The van der Waals surface area contributed by atoms with Gasteiger partial charge in [0.15, 0.2) is 11.6 Å². The summed E-state index contributed by atoms with van der Waals surface area (Å²) >= 11 is 0. The van der Waals surface area contributed by atoms with Crippen molar-refractivity contribution in [1.29, 1.82) is 0 Å². The number of nitrogens with zero attached hydrogens (tertiary/aromatic N) is 3. The Kier molecular flexibility index (Phi) is 7.59. The second-order valence-corrected chi connectivity index (χ2v) is 7.45. The highest BCUT2D eigenvalue weighted by Gasteiger charge is 2.17. The van der Waals surface area contributed by atoms with Gasteiger partial charge in [-0.2, -0.15) is 0 Å². The number of nitrogens with two attached hydrogens (primary N) is 1. The molecule has 0 bridgehead atoms. The third kappa shape index (κ3) is 5.72. The molecule has 0 saturated heterocycles. The minimum Gasteiger partial charge on any atom is -0.497 e. The van der Waals surface area contributed by atoms with E-state index in [0.29, 0.717) is 36.6 Å². The van der Waals surface area contributed by atoms with E-state index in [4.69, 9.17) is 15.2 Å². The molecule has 0 unspecified atom stereocenters. The maximum absolute atomic E-state index is 15.2. The number of rotatable bonds is 10. The molecule has 0 radical (unpaired) electrons. The number of halogens is 1. The molecule has 168 valence electrons. The van der Waals surface area contributed by atoms with Gasteiger partial charge in [-0.3, -0.25) is 4.79 Å². The molecule has 0 atom stereocenters. The summed E-state index contributed by atoms with van der Waals surface area (Å²) in [7, 11) is 4.95. The Morgan fingerprint density at radius 2 is 1.75 bits per heavy atom. The second kappa shape index (κ2) is 10.6. The number of aryl methyl sites for hydroxylation is 2. The lowest BCUT2D eigenvalue weighted by atomic mass is 10.0. The van der Waals surface area contributed by atoms with Gasteiger partial charge in [0.05, 0.1) is 26.3 Å². The van der Waals surface area contributed by atoms with Gasteiger partial charge < -0.3 is 20.1 Å². The zero-order chi connectivity index (χ0) is 23.1. The van der Waals surface area contributed by atoms with Gasteiger partial charge in [0.25, 0.3) is 0 Å². The number of anilines is 1. The fourth-order valence-electron chi connectivity index (χ4n) is 3.44. The van der Waals surface area contributed by atoms with Crippen LogP contribution in [0, 0.1) is 5.82 Å². The fraction of sp³-hybridized carbons (Fsp3) is 0.292. The summed E-state index contributed by atoms with van der Waals surface area (Å²) in [5, 5.41) is 0. The van der Waals surface area contributed by atoms with E-state index in [1.54, 1.807) is 32.2 Å². The van der Waals surface area contributed by atoms with Crippen molar-refractivity contribution in [3.8, 4) is 11.5 Å². The van der Waals surface area contributed by atoms with Crippen LogP contribution in [0.4, 0.5) is 10.2 Å². The third-order valence-electron chi connectivity index (χ3n) is 5.16. The topological polar surface area (TPSA) is 90.6 Å². The molecule has 2 N–H and O–H groups in total. The zero-order valence-corrected chi connectivity index (χ0v) is 18.5. The molecule has 3 aromatic rings. The van der Waals surface area contributed by atoms with Crippen LogP contribution in [0.25, 0.3) is 0 Å². The third-order valence-corrected chi connectivity index (χ3v) is 5.16. The van der Waals surface area contributed by atoms with E-state index >= 15 is 4.39 Å². The van der Waals surface area contributed by atoms with Gasteiger partial charge >= 0.3 is 0 Å². The summed E-state index contributed by atoms with van der Waals surface area (Å²) in [5.74, 6) is 0.763. The highest BCUT2D eigenvalue weighted by atomic mass is 19.1.